The minimum atomic E-state index is -0.699. The summed E-state index contributed by atoms with van der Waals surface area (Å²) in [4.78, 5) is 32.2. The van der Waals surface area contributed by atoms with Gasteiger partial charge in [-0.2, -0.15) is 11.8 Å². The number of carbonyl (C=O) groups is 2. The minimum Gasteiger partial charge on any atom is -0.357 e. The predicted octanol–water partition coefficient (Wildman–Crippen LogP) is 4.48. The Kier molecular flexibility index (Phi) is 8.24. The van der Waals surface area contributed by atoms with E-state index in [1.807, 2.05) is 18.4 Å². The Hall–Kier alpha value is -1.96. The second-order valence-electron chi connectivity index (χ2n) is 7.02. The maximum Gasteiger partial charge on any atom is 0.253 e. The molecule has 1 aliphatic heterocycles. The maximum atomic E-state index is 12.8. The number of hydrogen-bond donors (Lipinski definition) is 2. The summed E-state index contributed by atoms with van der Waals surface area (Å²) in [6.45, 7) is 2.02. The van der Waals surface area contributed by atoms with Gasteiger partial charge in [0.25, 0.3) is 5.91 Å². The van der Waals surface area contributed by atoms with Crippen LogP contribution in [0.4, 0.5) is 11.5 Å². The van der Waals surface area contributed by atoms with Gasteiger partial charge in [-0.1, -0.05) is 23.2 Å². The molecule has 1 unspecified atom stereocenters. The first-order valence-electron chi connectivity index (χ1n) is 9.74. The summed E-state index contributed by atoms with van der Waals surface area (Å²) in [7, 11) is 0. The van der Waals surface area contributed by atoms with Crippen LogP contribution in [0.25, 0.3) is 0 Å². The lowest BCUT2D eigenvalue weighted by Gasteiger charge is -2.19. The van der Waals surface area contributed by atoms with Crippen molar-refractivity contribution in [2.24, 2.45) is 0 Å². The first-order valence-corrected chi connectivity index (χ1v) is 11.9. The largest absolute Gasteiger partial charge is 0.357 e. The second-order valence-corrected chi connectivity index (χ2v) is 8.85. The average molecular weight is 467 g/mol. The lowest BCUT2D eigenvalue weighted by Crippen LogP contribution is -2.44. The molecular formula is C21H24Cl2N4O2S. The molecule has 0 spiro atoms. The molecule has 3 rings (SSSR count). The van der Waals surface area contributed by atoms with Gasteiger partial charge in [-0.05, 0) is 61.6 Å². The SMILES string of the molecule is CSCCC(NC(=O)c1ccc(Cl)cc1Cl)C(=O)Nc1ccc(N2CCCC2)nc1. The number of anilines is 2. The molecular weight excluding hydrogens is 443 g/mol. The van der Waals surface area contributed by atoms with Gasteiger partial charge in [0.1, 0.15) is 11.9 Å². The smallest absolute Gasteiger partial charge is 0.253 e. The van der Waals surface area contributed by atoms with E-state index in [2.05, 4.69) is 20.5 Å². The standard InChI is InChI=1S/C21H24Cl2N4O2S/c1-30-11-8-18(26-20(28)16-6-4-14(22)12-17(16)23)21(29)25-15-5-7-19(24-13-15)27-9-2-3-10-27/h4-7,12-13,18H,2-3,8-11H2,1H3,(H,25,29)(H,26,28). The number of halogens is 2. The van der Waals surface area contributed by atoms with Crippen LogP contribution in [0.2, 0.25) is 10.0 Å². The Labute approximate surface area is 190 Å². The van der Waals surface area contributed by atoms with Gasteiger partial charge in [0, 0.05) is 18.1 Å². The highest BCUT2D eigenvalue weighted by Crippen LogP contribution is 2.22. The molecule has 6 nitrogen and oxygen atoms in total. The Balaban J connectivity index is 1.66. The first-order chi connectivity index (χ1) is 14.5. The normalized spacial score (nSPS) is 14.4. The van der Waals surface area contributed by atoms with E-state index >= 15 is 0 Å². The minimum absolute atomic E-state index is 0.241. The summed E-state index contributed by atoms with van der Waals surface area (Å²) in [6, 6.07) is 7.68. The Bertz CT molecular complexity index is 889. The molecule has 9 heteroatoms. The second kappa shape index (κ2) is 10.9. The summed E-state index contributed by atoms with van der Waals surface area (Å²) >= 11 is 13.6. The molecule has 0 radical (unpaired) electrons. The molecule has 2 aromatic rings. The number of pyridine rings is 1. The van der Waals surface area contributed by atoms with Crippen molar-refractivity contribution in [3.05, 3.63) is 52.1 Å². The summed E-state index contributed by atoms with van der Waals surface area (Å²) < 4.78 is 0. The lowest BCUT2D eigenvalue weighted by atomic mass is 10.1. The molecule has 1 aromatic heterocycles. The number of nitrogens with one attached hydrogen (secondary N) is 2. The number of amides is 2. The van der Waals surface area contributed by atoms with Crippen molar-refractivity contribution in [2.75, 3.05) is 35.3 Å². The molecule has 2 N–H and O–H groups in total. The van der Waals surface area contributed by atoms with E-state index in [0.29, 0.717) is 17.1 Å². The summed E-state index contributed by atoms with van der Waals surface area (Å²) in [6.07, 6.45) is 6.44. The molecule has 1 atom stereocenters. The Morgan fingerprint density at radius 3 is 2.60 bits per heavy atom. The van der Waals surface area contributed by atoms with Crippen LogP contribution in [0.3, 0.4) is 0 Å². The Morgan fingerprint density at radius 2 is 1.97 bits per heavy atom. The van der Waals surface area contributed by atoms with Crippen LogP contribution in [0.15, 0.2) is 36.5 Å². The molecule has 0 bridgehead atoms. The van der Waals surface area contributed by atoms with E-state index in [1.165, 1.54) is 18.9 Å². The zero-order valence-corrected chi connectivity index (χ0v) is 19.0. The van der Waals surface area contributed by atoms with Crippen LogP contribution in [0, 0.1) is 0 Å². The topological polar surface area (TPSA) is 74.3 Å². The van der Waals surface area contributed by atoms with Gasteiger partial charge in [-0.3, -0.25) is 9.59 Å². The van der Waals surface area contributed by atoms with Crippen LogP contribution >= 0.6 is 35.0 Å². The molecule has 0 aliphatic carbocycles. The van der Waals surface area contributed by atoms with Crippen LogP contribution < -0.4 is 15.5 Å². The van der Waals surface area contributed by atoms with E-state index < -0.39 is 11.9 Å². The summed E-state index contributed by atoms with van der Waals surface area (Å²) in [5.41, 5.74) is 0.871. The van der Waals surface area contributed by atoms with Crippen LogP contribution in [0.5, 0.6) is 0 Å². The van der Waals surface area contributed by atoms with E-state index in [9.17, 15) is 9.59 Å². The third kappa shape index (κ3) is 6.03. The predicted molar refractivity (Wildman–Crippen MR) is 125 cm³/mol. The molecule has 1 fully saturated rings. The zero-order chi connectivity index (χ0) is 21.5. The first kappa shape index (κ1) is 22.7. The van der Waals surface area contributed by atoms with Gasteiger partial charge >= 0.3 is 0 Å². The highest BCUT2D eigenvalue weighted by atomic mass is 35.5. The van der Waals surface area contributed by atoms with Crippen molar-refractivity contribution in [3.63, 3.8) is 0 Å². The third-order valence-corrected chi connectivity index (χ3v) is 6.05. The van der Waals surface area contributed by atoms with E-state index in [4.69, 9.17) is 23.2 Å². The quantitative estimate of drug-likeness (QED) is 0.599. The van der Waals surface area contributed by atoms with Gasteiger partial charge in [0.2, 0.25) is 5.91 Å². The van der Waals surface area contributed by atoms with Gasteiger partial charge in [0.05, 0.1) is 22.5 Å². The fraction of sp³-hybridized carbons (Fsp3) is 0.381. The van der Waals surface area contributed by atoms with E-state index in [1.54, 1.807) is 30.1 Å². The monoisotopic (exact) mass is 466 g/mol. The Morgan fingerprint density at radius 1 is 1.20 bits per heavy atom. The number of nitrogens with zero attached hydrogens (tertiary/aromatic N) is 2. The van der Waals surface area contributed by atoms with Crippen LogP contribution in [0.1, 0.15) is 29.6 Å². The van der Waals surface area contributed by atoms with Gasteiger partial charge in [-0.25, -0.2) is 4.98 Å². The van der Waals surface area contributed by atoms with Crippen molar-refractivity contribution in [2.45, 2.75) is 25.3 Å². The molecule has 160 valence electrons. The molecule has 2 heterocycles. The molecule has 1 aliphatic rings. The molecule has 30 heavy (non-hydrogen) atoms. The van der Waals surface area contributed by atoms with Gasteiger partial charge in [0.15, 0.2) is 0 Å². The number of rotatable bonds is 8. The van der Waals surface area contributed by atoms with Crippen molar-refractivity contribution >= 4 is 58.3 Å². The fourth-order valence-electron chi connectivity index (χ4n) is 3.24. The third-order valence-electron chi connectivity index (χ3n) is 4.85. The lowest BCUT2D eigenvalue weighted by molar-refractivity contribution is -0.118. The van der Waals surface area contributed by atoms with E-state index in [-0.39, 0.29) is 16.5 Å². The van der Waals surface area contributed by atoms with E-state index in [0.717, 1.165) is 24.7 Å². The van der Waals surface area contributed by atoms with Gasteiger partial charge < -0.3 is 15.5 Å². The van der Waals surface area contributed by atoms with Crippen molar-refractivity contribution < 1.29 is 9.59 Å². The van der Waals surface area contributed by atoms with Gasteiger partial charge in [-0.15, -0.1) is 0 Å². The van der Waals surface area contributed by atoms with Crippen molar-refractivity contribution in [1.29, 1.82) is 0 Å². The molecule has 1 saturated heterocycles. The highest BCUT2D eigenvalue weighted by molar-refractivity contribution is 7.98. The number of hydrogen-bond acceptors (Lipinski definition) is 5. The highest BCUT2D eigenvalue weighted by Gasteiger charge is 2.23. The van der Waals surface area contributed by atoms with Crippen LogP contribution in [-0.4, -0.2) is 47.9 Å². The zero-order valence-electron chi connectivity index (χ0n) is 16.7. The fourth-order valence-corrected chi connectivity index (χ4v) is 4.20. The summed E-state index contributed by atoms with van der Waals surface area (Å²) in [5.74, 6) is 0.924. The maximum absolute atomic E-state index is 12.8. The van der Waals surface area contributed by atoms with Crippen molar-refractivity contribution in [3.8, 4) is 0 Å². The number of carbonyl (C=O) groups excluding carboxylic acids is 2. The molecule has 0 saturated carbocycles. The molecule has 2 amide bonds. The van der Waals surface area contributed by atoms with Crippen LogP contribution in [-0.2, 0) is 4.79 Å². The summed E-state index contributed by atoms with van der Waals surface area (Å²) in [5, 5.41) is 6.32. The van der Waals surface area contributed by atoms with Crippen molar-refractivity contribution in [1.82, 2.24) is 10.3 Å². The number of benzene rings is 1. The molecule has 1 aromatic carbocycles. The number of aromatic nitrogens is 1. The number of thioether (sulfide) groups is 1. The average Bonchev–Trinajstić information content (AvgIpc) is 3.26.